The normalized spacial score (nSPS) is 14.4. The third kappa shape index (κ3) is 4.17. The van der Waals surface area contributed by atoms with Crippen LogP contribution >= 0.6 is 23.2 Å². The molecule has 132 valence electrons. The van der Waals surface area contributed by atoms with E-state index in [2.05, 4.69) is 10.3 Å². The van der Waals surface area contributed by atoms with Crippen molar-refractivity contribution in [3.8, 4) is 11.6 Å². The van der Waals surface area contributed by atoms with Crippen molar-refractivity contribution in [2.45, 2.75) is 31.8 Å². The molecule has 1 amide bonds. The largest absolute Gasteiger partial charge is 0.485 e. The second-order valence-electron chi connectivity index (χ2n) is 5.81. The summed E-state index contributed by atoms with van der Waals surface area (Å²) in [5, 5.41) is 3.44. The van der Waals surface area contributed by atoms with Crippen LogP contribution in [0.5, 0.6) is 11.6 Å². The zero-order chi connectivity index (χ0) is 17.8. The highest BCUT2D eigenvalue weighted by Gasteiger charge is 2.21. The molecule has 1 fully saturated rings. The summed E-state index contributed by atoms with van der Waals surface area (Å²) in [6, 6.07) is 6.65. The summed E-state index contributed by atoms with van der Waals surface area (Å²) in [5.41, 5.74) is 0.703. The Hall–Kier alpha value is -1.98. The molecule has 3 rings (SSSR count). The number of rotatable bonds is 5. The Morgan fingerprint density at radius 1 is 1.24 bits per heavy atom. The third-order valence-corrected chi connectivity index (χ3v) is 4.70. The van der Waals surface area contributed by atoms with Gasteiger partial charge in [-0.05, 0) is 37.8 Å². The van der Waals surface area contributed by atoms with Gasteiger partial charge < -0.3 is 14.8 Å². The number of anilines is 1. The predicted molar refractivity (Wildman–Crippen MR) is 98.1 cm³/mol. The number of carbonyl (C=O) groups excluding carboxylic acids is 1. The lowest BCUT2D eigenvalue weighted by atomic mass is 10.2. The van der Waals surface area contributed by atoms with E-state index in [4.69, 9.17) is 32.7 Å². The number of aromatic nitrogens is 1. The number of nitrogens with one attached hydrogen (secondary N) is 1. The van der Waals surface area contributed by atoms with E-state index in [0.717, 1.165) is 25.7 Å². The number of ether oxygens (including phenoxy) is 2. The van der Waals surface area contributed by atoms with Gasteiger partial charge in [0.05, 0.1) is 34.5 Å². The summed E-state index contributed by atoms with van der Waals surface area (Å²) < 4.78 is 11.2. The second-order valence-corrected chi connectivity index (χ2v) is 6.62. The fraction of sp³-hybridized carbons (Fsp3) is 0.333. The van der Waals surface area contributed by atoms with Crippen LogP contribution in [0.4, 0.5) is 5.69 Å². The molecular formula is C18H18Cl2N2O3. The number of hydrogen-bond donors (Lipinski definition) is 1. The third-order valence-electron chi connectivity index (χ3n) is 4.07. The van der Waals surface area contributed by atoms with E-state index in [-0.39, 0.29) is 12.0 Å². The van der Waals surface area contributed by atoms with Crippen LogP contribution in [0.15, 0.2) is 30.5 Å². The highest BCUT2D eigenvalue weighted by Crippen LogP contribution is 2.32. The van der Waals surface area contributed by atoms with Gasteiger partial charge in [-0.2, -0.15) is 0 Å². The molecule has 0 unspecified atom stereocenters. The van der Waals surface area contributed by atoms with E-state index in [1.54, 1.807) is 24.3 Å². The molecule has 1 N–H and O–H groups in total. The Morgan fingerprint density at radius 3 is 2.56 bits per heavy atom. The molecule has 2 aromatic rings. The first-order valence-electron chi connectivity index (χ1n) is 8.04. The maximum Gasteiger partial charge on any atom is 0.257 e. The topological polar surface area (TPSA) is 60.5 Å². The van der Waals surface area contributed by atoms with E-state index in [1.165, 1.54) is 13.3 Å². The zero-order valence-electron chi connectivity index (χ0n) is 13.7. The molecule has 1 saturated carbocycles. The fourth-order valence-corrected chi connectivity index (χ4v) is 3.27. The minimum atomic E-state index is -0.374. The monoisotopic (exact) mass is 380 g/mol. The Kier molecular flexibility index (Phi) is 5.66. The summed E-state index contributed by atoms with van der Waals surface area (Å²) in [7, 11) is 1.52. The highest BCUT2D eigenvalue weighted by molar-refractivity contribution is 6.40. The molecule has 0 saturated heterocycles. The van der Waals surface area contributed by atoms with Crippen molar-refractivity contribution in [3.05, 3.63) is 46.1 Å². The van der Waals surface area contributed by atoms with E-state index in [1.807, 2.05) is 0 Å². The van der Waals surface area contributed by atoms with E-state index >= 15 is 0 Å². The molecule has 0 atom stereocenters. The van der Waals surface area contributed by atoms with Crippen LogP contribution in [-0.2, 0) is 0 Å². The number of methoxy groups -OCH3 is 1. The molecule has 25 heavy (non-hydrogen) atoms. The van der Waals surface area contributed by atoms with Gasteiger partial charge in [-0.25, -0.2) is 4.98 Å². The molecule has 0 radical (unpaired) electrons. The Labute approximate surface area is 156 Å². The van der Waals surface area contributed by atoms with Crippen LogP contribution in [0.1, 0.15) is 36.0 Å². The van der Waals surface area contributed by atoms with Crippen molar-refractivity contribution in [2.24, 2.45) is 0 Å². The number of amides is 1. The first kappa shape index (κ1) is 17.8. The van der Waals surface area contributed by atoms with Crippen LogP contribution in [0, 0.1) is 0 Å². The molecule has 1 aromatic carbocycles. The van der Waals surface area contributed by atoms with Gasteiger partial charge in [0.2, 0.25) is 0 Å². The minimum Gasteiger partial charge on any atom is -0.485 e. The quantitative estimate of drug-likeness (QED) is 0.794. The number of carbonyl (C=O) groups is 1. The second kappa shape index (κ2) is 7.93. The van der Waals surface area contributed by atoms with Crippen molar-refractivity contribution in [1.29, 1.82) is 0 Å². The lowest BCUT2D eigenvalue weighted by Gasteiger charge is -2.16. The van der Waals surface area contributed by atoms with E-state index in [9.17, 15) is 4.79 Å². The van der Waals surface area contributed by atoms with E-state index < -0.39 is 0 Å². The standard InChI is InChI=1S/C18H18Cl2N2O3/c1-24-18-15(25-12-5-2-3-6-12)9-11(10-21-18)17(23)22-16-13(19)7-4-8-14(16)20/h4,7-10,12H,2-3,5-6H2,1H3,(H,22,23). The zero-order valence-corrected chi connectivity index (χ0v) is 15.2. The summed E-state index contributed by atoms with van der Waals surface area (Å²) in [6.45, 7) is 0. The lowest BCUT2D eigenvalue weighted by molar-refractivity contribution is 0.102. The Balaban J connectivity index is 1.82. The number of nitrogens with zero attached hydrogens (tertiary/aromatic N) is 1. The van der Waals surface area contributed by atoms with Crippen molar-refractivity contribution < 1.29 is 14.3 Å². The summed E-state index contributed by atoms with van der Waals surface area (Å²) in [4.78, 5) is 16.7. The van der Waals surface area contributed by atoms with E-state index in [0.29, 0.717) is 32.9 Å². The molecule has 7 heteroatoms. The number of halogens is 2. The Bertz CT molecular complexity index is 757. The number of pyridine rings is 1. The predicted octanol–water partition coefficient (Wildman–Crippen LogP) is 4.97. The molecule has 1 aliphatic rings. The maximum absolute atomic E-state index is 12.5. The van der Waals surface area contributed by atoms with Crippen LogP contribution < -0.4 is 14.8 Å². The smallest absolute Gasteiger partial charge is 0.257 e. The SMILES string of the molecule is COc1ncc(C(=O)Nc2c(Cl)cccc2Cl)cc1OC1CCCC1. The van der Waals surface area contributed by atoms with Gasteiger partial charge in [0.1, 0.15) is 0 Å². The Morgan fingerprint density at radius 2 is 1.92 bits per heavy atom. The average molecular weight is 381 g/mol. The summed E-state index contributed by atoms with van der Waals surface area (Å²) >= 11 is 12.2. The van der Waals surface area contributed by atoms with Gasteiger partial charge in [-0.1, -0.05) is 29.3 Å². The fourth-order valence-electron chi connectivity index (χ4n) is 2.78. The highest BCUT2D eigenvalue weighted by atomic mass is 35.5. The van der Waals surface area contributed by atoms with Gasteiger partial charge in [0, 0.05) is 12.3 Å². The maximum atomic E-state index is 12.5. The average Bonchev–Trinajstić information content (AvgIpc) is 3.11. The lowest BCUT2D eigenvalue weighted by Crippen LogP contribution is -2.15. The molecular weight excluding hydrogens is 363 g/mol. The molecule has 1 aliphatic carbocycles. The first-order valence-corrected chi connectivity index (χ1v) is 8.80. The summed E-state index contributed by atoms with van der Waals surface area (Å²) in [6.07, 6.45) is 5.84. The molecule has 1 heterocycles. The van der Waals surface area contributed by atoms with Gasteiger partial charge in [0.25, 0.3) is 11.8 Å². The number of para-hydroxylation sites is 1. The first-order chi connectivity index (χ1) is 12.1. The molecule has 0 spiro atoms. The molecule has 5 nitrogen and oxygen atoms in total. The van der Waals surface area contributed by atoms with Gasteiger partial charge in [-0.3, -0.25) is 4.79 Å². The van der Waals surface area contributed by atoms with Crippen LogP contribution in [0.2, 0.25) is 10.0 Å². The van der Waals surface area contributed by atoms with Crippen molar-refractivity contribution in [3.63, 3.8) is 0 Å². The van der Waals surface area contributed by atoms with Crippen molar-refractivity contribution in [2.75, 3.05) is 12.4 Å². The summed E-state index contributed by atoms with van der Waals surface area (Å²) in [5.74, 6) is 0.452. The minimum absolute atomic E-state index is 0.132. The molecule has 1 aromatic heterocycles. The van der Waals surface area contributed by atoms with Crippen LogP contribution in [0.25, 0.3) is 0 Å². The van der Waals surface area contributed by atoms with Crippen molar-refractivity contribution >= 4 is 34.8 Å². The molecule has 0 bridgehead atoms. The van der Waals surface area contributed by atoms with Crippen molar-refractivity contribution in [1.82, 2.24) is 4.98 Å². The van der Waals surface area contributed by atoms with Gasteiger partial charge >= 0.3 is 0 Å². The van der Waals surface area contributed by atoms with Crippen LogP contribution in [-0.4, -0.2) is 24.1 Å². The van der Waals surface area contributed by atoms with Crippen LogP contribution in [0.3, 0.4) is 0 Å². The molecule has 0 aliphatic heterocycles. The van der Waals surface area contributed by atoms with Gasteiger partial charge in [-0.15, -0.1) is 0 Å². The van der Waals surface area contributed by atoms with Gasteiger partial charge in [0.15, 0.2) is 5.75 Å². The number of benzene rings is 1. The number of hydrogen-bond acceptors (Lipinski definition) is 4.